The molecule has 1 saturated heterocycles. The number of fused-ring (bicyclic) bond motifs is 1. The van der Waals surface area contributed by atoms with Crippen LogP contribution in [0.4, 0.5) is 13.2 Å². The molecule has 2 aliphatic rings. The molecule has 3 aromatic rings. The maximum Gasteiger partial charge on any atom is 0.504 e. The highest BCUT2D eigenvalue weighted by Crippen LogP contribution is 2.37. The highest BCUT2D eigenvalue weighted by molar-refractivity contribution is 5.93. The van der Waals surface area contributed by atoms with Crippen molar-refractivity contribution >= 4 is 11.0 Å². The minimum absolute atomic E-state index is 0.0398. The predicted octanol–water partition coefficient (Wildman–Crippen LogP) is 4.18. The summed E-state index contributed by atoms with van der Waals surface area (Å²) >= 11 is 0. The third kappa shape index (κ3) is 4.08. The van der Waals surface area contributed by atoms with Gasteiger partial charge in [-0.1, -0.05) is 0 Å². The van der Waals surface area contributed by atoms with E-state index in [9.17, 15) is 13.2 Å². The topological polar surface area (TPSA) is 53.0 Å². The number of aromatic nitrogens is 4. The zero-order valence-electron chi connectivity index (χ0n) is 17.6. The van der Waals surface area contributed by atoms with Crippen LogP contribution < -0.4 is 0 Å². The van der Waals surface area contributed by atoms with E-state index in [1.165, 1.54) is 24.6 Å². The minimum Gasteiger partial charge on any atom is -0.346 e. The molecule has 2 fully saturated rings. The number of halogens is 3. The van der Waals surface area contributed by atoms with Gasteiger partial charge >= 0.3 is 6.30 Å². The Hall–Kier alpha value is -2.39. The van der Waals surface area contributed by atoms with E-state index < -0.39 is 6.30 Å². The van der Waals surface area contributed by atoms with Crippen LogP contribution in [-0.2, 0) is 6.30 Å². The van der Waals surface area contributed by atoms with Gasteiger partial charge in [0, 0.05) is 67.3 Å². The maximum absolute atomic E-state index is 12.9. The first-order chi connectivity index (χ1) is 14.9. The summed E-state index contributed by atoms with van der Waals surface area (Å²) in [6.45, 7) is 4.58. The second kappa shape index (κ2) is 7.94. The van der Waals surface area contributed by atoms with Gasteiger partial charge in [-0.25, -0.2) is 4.98 Å². The van der Waals surface area contributed by atoms with E-state index in [0.717, 1.165) is 50.6 Å². The molecule has 1 saturated carbocycles. The van der Waals surface area contributed by atoms with Crippen LogP contribution in [0.1, 0.15) is 37.2 Å². The molecule has 166 valence electrons. The van der Waals surface area contributed by atoms with Gasteiger partial charge in [0.1, 0.15) is 5.65 Å². The molecule has 3 aromatic heterocycles. The zero-order valence-corrected chi connectivity index (χ0v) is 17.6. The number of alkyl halides is 3. The second-order valence-corrected chi connectivity index (χ2v) is 8.85. The lowest BCUT2D eigenvalue weighted by atomic mass is 9.81. The second-order valence-electron chi connectivity index (χ2n) is 8.85. The molecule has 5 rings (SSSR count). The highest BCUT2D eigenvalue weighted by Gasteiger charge is 2.32. The number of rotatable bonds is 3. The van der Waals surface area contributed by atoms with Crippen LogP contribution in [0.3, 0.4) is 0 Å². The highest BCUT2D eigenvalue weighted by atomic mass is 19.4. The average Bonchev–Trinajstić information content (AvgIpc) is 3.41. The quantitative estimate of drug-likeness (QED) is 0.675. The summed E-state index contributed by atoms with van der Waals surface area (Å²) in [6.07, 6.45) is 6.00. The van der Waals surface area contributed by atoms with Crippen LogP contribution >= 0.6 is 0 Å². The van der Waals surface area contributed by atoms with Crippen molar-refractivity contribution < 1.29 is 13.2 Å². The predicted molar refractivity (Wildman–Crippen MR) is 113 cm³/mol. The fourth-order valence-corrected chi connectivity index (χ4v) is 5.04. The molecule has 31 heavy (non-hydrogen) atoms. The normalized spacial score (nSPS) is 24.1. The number of nitrogens with zero attached hydrogens (tertiary/aromatic N) is 5. The van der Waals surface area contributed by atoms with Gasteiger partial charge < -0.3 is 9.88 Å². The number of H-pyrrole nitrogens is 1. The molecule has 0 aromatic carbocycles. The van der Waals surface area contributed by atoms with Crippen LogP contribution in [0.5, 0.6) is 0 Å². The monoisotopic (exact) mass is 432 g/mol. The molecule has 0 radical (unpaired) electrons. The van der Waals surface area contributed by atoms with Crippen molar-refractivity contribution in [2.24, 2.45) is 0 Å². The number of hydrogen-bond acceptors (Lipinski definition) is 4. The van der Waals surface area contributed by atoms with Crippen molar-refractivity contribution in [3.63, 3.8) is 0 Å². The molecule has 9 heteroatoms. The van der Waals surface area contributed by atoms with E-state index in [2.05, 4.69) is 38.0 Å². The van der Waals surface area contributed by atoms with Gasteiger partial charge in [-0.2, -0.15) is 9.78 Å². The number of aromatic amines is 1. The summed E-state index contributed by atoms with van der Waals surface area (Å²) in [7, 11) is 2.18. The number of hydrogen-bond donors (Lipinski definition) is 1. The van der Waals surface area contributed by atoms with Gasteiger partial charge in [0.2, 0.25) is 0 Å². The fraction of sp³-hybridized carbons (Fsp3) is 0.545. The number of nitrogens with one attached hydrogen (secondary N) is 1. The molecular weight excluding hydrogens is 405 g/mol. The van der Waals surface area contributed by atoms with Crippen molar-refractivity contribution in [2.45, 2.75) is 43.9 Å². The molecule has 0 spiro atoms. The Morgan fingerprint density at radius 1 is 1.03 bits per heavy atom. The summed E-state index contributed by atoms with van der Waals surface area (Å²) in [6, 6.07) is 2.76. The van der Waals surface area contributed by atoms with Gasteiger partial charge in [-0.15, -0.1) is 13.2 Å². The molecule has 6 nitrogen and oxygen atoms in total. The zero-order chi connectivity index (χ0) is 21.6. The van der Waals surface area contributed by atoms with E-state index in [-0.39, 0.29) is 4.68 Å². The minimum atomic E-state index is -4.52. The molecule has 1 aliphatic carbocycles. The van der Waals surface area contributed by atoms with Gasteiger partial charge in [0.25, 0.3) is 0 Å². The summed E-state index contributed by atoms with van der Waals surface area (Å²) < 4.78 is 38.8. The standard InChI is InChI=1S/C22H27F3N6/c1-29-6-8-30(9-7-29)18-4-2-15(3-5-18)16-10-19-20(13-27-21(19)26-11-16)17-12-28-31(14-17)22(23,24)25/h10-15,18H,2-9H2,1H3,(H,26,27)/t15-,18+. The van der Waals surface area contributed by atoms with Gasteiger partial charge in [-0.3, -0.25) is 4.90 Å². The number of likely N-dealkylation sites (N-methyl/N-ethyl adjacent to an activating group) is 1. The molecule has 0 bridgehead atoms. The molecular formula is C22H27F3N6. The summed E-state index contributed by atoms with van der Waals surface area (Å²) in [5.74, 6) is 0.446. The smallest absolute Gasteiger partial charge is 0.346 e. The Kier molecular flexibility index (Phi) is 5.26. The first-order valence-corrected chi connectivity index (χ1v) is 10.9. The van der Waals surface area contributed by atoms with E-state index in [1.54, 1.807) is 6.20 Å². The third-order valence-electron chi connectivity index (χ3n) is 6.93. The first-order valence-electron chi connectivity index (χ1n) is 10.9. The maximum atomic E-state index is 12.9. The Morgan fingerprint density at radius 2 is 1.77 bits per heavy atom. The largest absolute Gasteiger partial charge is 0.504 e. The van der Waals surface area contributed by atoms with Crippen LogP contribution in [0.15, 0.2) is 30.9 Å². The van der Waals surface area contributed by atoms with Crippen molar-refractivity contribution in [1.29, 1.82) is 0 Å². The van der Waals surface area contributed by atoms with Crippen molar-refractivity contribution in [2.75, 3.05) is 33.2 Å². The van der Waals surface area contributed by atoms with E-state index >= 15 is 0 Å². The molecule has 1 N–H and O–H groups in total. The van der Waals surface area contributed by atoms with Gasteiger partial charge in [0.15, 0.2) is 0 Å². The van der Waals surface area contributed by atoms with Crippen molar-refractivity contribution in [1.82, 2.24) is 29.5 Å². The van der Waals surface area contributed by atoms with Gasteiger partial charge in [0.05, 0.1) is 6.20 Å². The summed E-state index contributed by atoms with van der Waals surface area (Å²) in [5, 5.41) is 4.32. The van der Waals surface area contributed by atoms with E-state index in [1.807, 2.05) is 6.20 Å². The average molecular weight is 432 g/mol. The Labute approximate surface area is 179 Å². The van der Waals surface area contributed by atoms with Crippen LogP contribution in [0.2, 0.25) is 0 Å². The summed E-state index contributed by atoms with van der Waals surface area (Å²) in [4.78, 5) is 12.7. The lowest BCUT2D eigenvalue weighted by Crippen LogP contribution is -2.49. The third-order valence-corrected chi connectivity index (χ3v) is 6.93. The molecule has 0 atom stereocenters. The fourth-order valence-electron chi connectivity index (χ4n) is 5.04. The Bertz CT molecular complexity index is 1040. The Balaban J connectivity index is 1.32. The summed E-state index contributed by atoms with van der Waals surface area (Å²) in [5.41, 5.74) is 2.99. The SMILES string of the molecule is CN1CCN([C@H]2CC[C@@H](c3cnc4[nH]cc(-c5cnn(C(F)(F)F)c5)c4c3)CC2)CC1. The molecule has 0 amide bonds. The van der Waals surface area contributed by atoms with E-state index in [0.29, 0.717) is 28.7 Å². The van der Waals surface area contributed by atoms with Crippen molar-refractivity contribution in [3.05, 3.63) is 36.4 Å². The number of pyridine rings is 1. The number of piperazine rings is 1. The lowest BCUT2D eigenvalue weighted by molar-refractivity contribution is -0.212. The van der Waals surface area contributed by atoms with Crippen LogP contribution in [0.25, 0.3) is 22.2 Å². The molecule has 1 aliphatic heterocycles. The van der Waals surface area contributed by atoms with E-state index in [4.69, 9.17) is 0 Å². The van der Waals surface area contributed by atoms with Crippen molar-refractivity contribution in [3.8, 4) is 11.1 Å². The van der Waals surface area contributed by atoms with Gasteiger partial charge in [-0.05, 0) is 50.3 Å². The lowest BCUT2D eigenvalue weighted by Gasteiger charge is -2.41. The Morgan fingerprint density at radius 3 is 2.45 bits per heavy atom. The van der Waals surface area contributed by atoms with Crippen LogP contribution in [0, 0.1) is 0 Å². The molecule has 0 unspecified atom stereocenters. The first kappa shape index (κ1) is 20.5. The molecule has 4 heterocycles. The van der Waals surface area contributed by atoms with Crippen LogP contribution in [-0.4, -0.2) is 68.8 Å².